The maximum Gasteiger partial charge on any atom is 0.291 e. The van der Waals surface area contributed by atoms with Gasteiger partial charge in [0, 0.05) is 12.2 Å². The molecule has 0 aliphatic carbocycles. The highest BCUT2D eigenvalue weighted by atomic mass is 16.3. The van der Waals surface area contributed by atoms with Gasteiger partial charge in [-0.05, 0) is 56.9 Å². The van der Waals surface area contributed by atoms with Gasteiger partial charge in [-0.2, -0.15) is 0 Å². The lowest BCUT2D eigenvalue weighted by Crippen LogP contribution is -2.25. The topological polar surface area (TPSA) is 89.2 Å². The quantitative estimate of drug-likeness (QED) is 0.694. The number of furan rings is 1. The lowest BCUT2D eigenvalue weighted by Gasteiger charge is -2.17. The second-order valence-electron chi connectivity index (χ2n) is 7.37. The highest BCUT2D eigenvalue weighted by Gasteiger charge is 2.27. The third kappa shape index (κ3) is 3.94. The van der Waals surface area contributed by atoms with Crippen LogP contribution in [0.1, 0.15) is 56.5 Å². The van der Waals surface area contributed by atoms with E-state index in [0.29, 0.717) is 18.0 Å². The molecule has 1 aliphatic rings. The van der Waals surface area contributed by atoms with Gasteiger partial charge in [0.05, 0.1) is 18.5 Å². The Labute approximate surface area is 169 Å². The average molecular weight is 392 g/mol. The third-order valence-electron chi connectivity index (χ3n) is 5.17. The minimum Gasteiger partial charge on any atom is -0.467 e. The number of nitrogens with one attached hydrogen (secondary N) is 2. The molecule has 3 aromatic rings. The number of rotatable bonds is 5. The molecule has 7 heteroatoms. The molecule has 0 saturated heterocycles. The van der Waals surface area contributed by atoms with Crippen molar-refractivity contribution in [3.63, 3.8) is 0 Å². The van der Waals surface area contributed by atoms with Gasteiger partial charge < -0.3 is 19.6 Å². The predicted molar refractivity (Wildman–Crippen MR) is 109 cm³/mol. The highest BCUT2D eigenvalue weighted by molar-refractivity contribution is 6.04. The number of carbonyl (C=O) groups is 2. The first-order valence-electron chi connectivity index (χ1n) is 9.81. The summed E-state index contributed by atoms with van der Waals surface area (Å²) in [5.74, 6) is 0.352. The zero-order chi connectivity index (χ0) is 20.4. The Morgan fingerprint density at radius 2 is 2.03 bits per heavy atom. The van der Waals surface area contributed by atoms with Crippen LogP contribution in [0.4, 0.5) is 5.69 Å². The van der Waals surface area contributed by atoms with Crippen LogP contribution in [-0.2, 0) is 19.5 Å². The fourth-order valence-corrected chi connectivity index (χ4v) is 3.69. The monoisotopic (exact) mass is 392 g/mol. The number of fused-ring (bicyclic) bond motifs is 1. The van der Waals surface area contributed by atoms with Crippen molar-refractivity contribution in [2.24, 2.45) is 0 Å². The van der Waals surface area contributed by atoms with Gasteiger partial charge in [0.15, 0.2) is 5.82 Å². The van der Waals surface area contributed by atoms with E-state index in [-0.39, 0.29) is 24.2 Å². The number of aryl methyl sites for hydroxylation is 2. The Hall–Kier alpha value is -3.35. The van der Waals surface area contributed by atoms with Crippen molar-refractivity contribution in [3.8, 4) is 0 Å². The fraction of sp³-hybridized carbons (Fsp3) is 0.318. The van der Waals surface area contributed by atoms with Gasteiger partial charge in [-0.15, -0.1) is 0 Å². The molecule has 0 radical (unpaired) electrons. The van der Waals surface area contributed by atoms with Gasteiger partial charge in [-0.1, -0.05) is 17.7 Å². The molecule has 0 bridgehead atoms. The van der Waals surface area contributed by atoms with Gasteiger partial charge in [-0.3, -0.25) is 9.59 Å². The summed E-state index contributed by atoms with van der Waals surface area (Å²) in [6.45, 7) is 4.93. The van der Waals surface area contributed by atoms with Crippen LogP contribution in [0.3, 0.4) is 0 Å². The fourth-order valence-electron chi connectivity index (χ4n) is 3.69. The molecule has 0 saturated carbocycles. The Morgan fingerprint density at radius 1 is 1.17 bits per heavy atom. The van der Waals surface area contributed by atoms with Crippen molar-refractivity contribution < 1.29 is 14.0 Å². The Kier molecular flexibility index (Phi) is 5.20. The molecule has 2 aromatic heterocycles. The number of hydrogen-bond acceptors (Lipinski definition) is 4. The summed E-state index contributed by atoms with van der Waals surface area (Å²) in [6, 6.07) is 9.43. The van der Waals surface area contributed by atoms with Gasteiger partial charge in [0.1, 0.15) is 11.5 Å². The number of carbonyl (C=O) groups excluding carboxylic acids is 2. The van der Waals surface area contributed by atoms with Crippen molar-refractivity contribution in [1.82, 2.24) is 14.9 Å². The molecule has 0 fully saturated rings. The lowest BCUT2D eigenvalue weighted by molar-refractivity contribution is 0.0942. The van der Waals surface area contributed by atoms with E-state index >= 15 is 0 Å². The van der Waals surface area contributed by atoms with E-state index in [1.165, 1.54) is 0 Å². The van der Waals surface area contributed by atoms with E-state index in [1.54, 1.807) is 18.4 Å². The van der Waals surface area contributed by atoms with Gasteiger partial charge in [0.25, 0.3) is 11.8 Å². The summed E-state index contributed by atoms with van der Waals surface area (Å²) in [6.07, 6.45) is 4.23. The van der Waals surface area contributed by atoms with E-state index in [4.69, 9.17) is 4.42 Å². The smallest absolute Gasteiger partial charge is 0.291 e. The Balaban J connectivity index is 1.58. The molecule has 3 heterocycles. The van der Waals surface area contributed by atoms with Crippen LogP contribution >= 0.6 is 0 Å². The number of imidazole rings is 1. The molecule has 0 unspecified atom stereocenters. The van der Waals surface area contributed by atoms with Crippen LogP contribution in [0.25, 0.3) is 0 Å². The van der Waals surface area contributed by atoms with E-state index in [9.17, 15) is 9.59 Å². The van der Waals surface area contributed by atoms with Crippen LogP contribution in [-0.4, -0.2) is 21.4 Å². The maximum absolute atomic E-state index is 13.0. The Morgan fingerprint density at radius 3 is 2.79 bits per heavy atom. The van der Waals surface area contributed by atoms with Crippen LogP contribution < -0.4 is 10.6 Å². The first-order valence-corrected chi connectivity index (χ1v) is 9.81. The van der Waals surface area contributed by atoms with Crippen molar-refractivity contribution in [2.45, 2.75) is 46.2 Å². The number of anilines is 1. The molecular formula is C22H24N4O3. The molecule has 29 heavy (non-hydrogen) atoms. The minimum absolute atomic E-state index is 0.280. The number of benzene rings is 1. The number of amides is 2. The SMILES string of the molecule is Cc1ccc(NC(=O)c2nc(C(=O)NCc3ccco3)c3n2CCCC3)c(C)c1. The maximum atomic E-state index is 13.0. The molecule has 7 nitrogen and oxygen atoms in total. The van der Waals surface area contributed by atoms with Gasteiger partial charge in [0.2, 0.25) is 0 Å². The van der Waals surface area contributed by atoms with Crippen molar-refractivity contribution in [3.05, 3.63) is 70.7 Å². The van der Waals surface area contributed by atoms with Crippen LogP contribution in [0.5, 0.6) is 0 Å². The first kappa shape index (κ1) is 19.0. The second kappa shape index (κ2) is 7.95. The first-order chi connectivity index (χ1) is 14.0. The van der Waals surface area contributed by atoms with Crippen molar-refractivity contribution >= 4 is 17.5 Å². The Bertz CT molecular complexity index is 1050. The molecule has 1 aliphatic heterocycles. The summed E-state index contributed by atoms with van der Waals surface area (Å²) >= 11 is 0. The van der Waals surface area contributed by atoms with E-state index in [2.05, 4.69) is 15.6 Å². The van der Waals surface area contributed by atoms with Gasteiger partial charge in [-0.25, -0.2) is 4.98 Å². The lowest BCUT2D eigenvalue weighted by atomic mass is 10.1. The third-order valence-corrected chi connectivity index (χ3v) is 5.17. The summed E-state index contributed by atoms with van der Waals surface area (Å²) < 4.78 is 7.14. The minimum atomic E-state index is -0.301. The zero-order valence-corrected chi connectivity index (χ0v) is 16.6. The molecular weight excluding hydrogens is 368 g/mol. The number of aromatic nitrogens is 2. The van der Waals surface area contributed by atoms with Crippen molar-refractivity contribution in [2.75, 3.05) is 5.32 Å². The van der Waals surface area contributed by atoms with Gasteiger partial charge >= 0.3 is 0 Å². The van der Waals surface area contributed by atoms with Crippen molar-refractivity contribution in [1.29, 1.82) is 0 Å². The van der Waals surface area contributed by atoms with E-state index < -0.39 is 0 Å². The predicted octanol–water partition coefficient (Wildman–Crippen LogP) is 3.61. The summed E-state index contributed by atoms with van der Waals surface area (Å²) in [5, 5.41) is 5.77. The standard InChI is InChI=1S/C22H24N4O3/c1-14-8-9-17(15(2)12-14)24-22(28)20-25-19(18-7-3-4-10-26(18)20)21(27)23-13-16-6-5-11-29-16/h5-6,8-9,11-12H,3-4,7,10,13H2,1-2H3,(H,23,27)(H,24,28). The molecule has 1 aromatic carbocycles. The summed E-state index contributed by atoms with van der Waals surface area (Å²) in [4.78, 5) is 30.1. The molecule has 0 atom stereocenters. The number of hydrogen-bond donors (Lipinski definition) is 2. The largest absolute Gasteiger partial charge is 0.467 e. The molecule has 4 rings (SSSR count). The summed E-state index contributed by atoms with van der Waals surface area (Å²) in [5.41, 5.74) is 4.01. The van der Waals surface area contributed by atoms with E-state index in [1.807, 2.05) is 36.6 Å². The van der Waals surface area contributed by atoms with E-state index in [0.717, 1.165) is 41.8 Å². The summed E-state index contributed by atoms with van der Waals surface area (Å²) in [7, 11) is 0. The second-order valence-corrected chi connectivity index (χ2v) is 7.37. The van der Waals surface area contributed by atoms with Crippen LogP contribution in [0.2, 0.25) is 0 Å². The molecule has 0 spiro atoms. The molecule has 2 amide bonds. The number of nitrogens with zero attached hydrogens (tertiary/aromatic N) is 2. The van der Waals surface area contributed by atoms with Crippen LogP contribution in [0, 0.1) is 13.8 Å². The van der Waals surface area contributed by atoms with Crippen LogP contribution in [0.15, 0.2) is 41.0 Å². The molecule has 150 valence electrons. The highest BCUT2D eigenvalue weighted by Crippen LogP contribution is 2.23. The normalized spacial score (nSPS) is 13.0. The molecule has 2 N–H and O–H groups in total. The zero-order valence-electron chi connectivity index (χ0n) is 16.6. The average Bonchev–Trinajstić information content (AvgIpc) is 3.36.